The number of benzene rings is 2. The topological polar surface area (TPSA) is 97.8 Å². The number of carbonyl (C=O) groups excluding carboxylic acids is 2. The van der Waals surface area contributed by atoms with E-state index in [2.05, 4.69) is 32.6 Å². The first-order valence-electron chi connectivity index (χ1n) is 14.6. The van der Waals surface area contributed by atoms with Gasteiger partial charge in [-0.05, 0) is 68.2 Å². The van der Waals surface area contributed by atoms with Crippen molar-refractivity contribution < 1.29 is 33.6 Å². The van der Waals surface area contributed by atoms with Gasteiger partial charge in [0, 0.05) is 18.7 Å². The molecule has 0 saturated carbocycles. The Hall–Kier alpha value is -3.72. The van der Waals surface area contributed by atoms with Gasteiger partial charge in [-0.1, -0.05) is 33.8 Å². The predicted octanol–water partition coefficient (Wildman–Crippen LogP) is 5.04. The van der Waals surface area contributed by atoms with Gasteiger partial charge in [0.25, 0.3) is 11.7 Å². The fraction of sp³-hybridized carbons (Fsp3) is 0.500. The number of likely N-dealkylation sites (N-methyl/N-ethyl adjacent to an activating group) is 1. The highest BCUT2D eigenvalue weighted by Crippen LogP contribution is 2.43. The number of aliphatic hydroxyl groups is 1. The fourth-order valence-corrected chi connectivity index (χ4v) is 5.08. The second-order valence-corrected chi connectivity index (χ2v) is 10.5. The predicted molar refractivity (Wildman–Crippen MR) is 157 cm³/mol. The van der Waals surface area contributed by atoms with E-state index in [1.165, 1.54) is 0 Å². The van der Waals surface area contributed by atoms with Gasteiger partial charge in [-0.2, -0.15) is 0 Å². The maximum atomic E-state index is 13.5. The highest BCUT2D eigenvalue weighted by atomic mass is 16.6. The molecule has 4 rings (SSSR count). The molecule has 0 spiro atoms. The first kappa shape index (κ1) is 30.2. The Labute approximate surface area is 242 Å². The van der Waals surface area contributed by atoms with Crippen molar-refractivity contribution in [2.24, 2.45) is 5.92 Å². The van der Waals surface area contributed by atoms with Crippen LogP contribution in [0.2, 0.25) is 0 Å². The Morgan fingerprint density at radius 2 is 1.73 bits per heavy atom. The molecular formula is C32H42N2O7. The smallest absolute Gasteiger partial charge is 0.295 e. The average Bonchev–Trinajstić information content (AvgIpc) is 3.22. The molecule has 0 aromatic heterocycles. The van der Waals surface area contributed by atoms with Gasteiger partial charge in [0.15, 0.2) is 23.0 Å². The van der Waals surface area contributed by atoms with Crippen molar-refractivity contribution in [3.8, 4) is 23.0 Å². The maximum Gasteiger partial charge on any atom is 0.295 e. The summed E-state index contributed by atoms with van der Waals surface area (Å²) >= 11 is 0. The minimum absolute atomic E-state index is 0.0298. The summed E-state index contributed by atoms with van der Waals surface area (Å²) in [5, 5.41) is 11.5. The number of ketones is 1. The molecule has 2 aromatic carbocycles. The van der Waals surface area contributed by atoms with E-state index in [1.807, 2.05) is 25.1 Å². The molecule has 1 unspecified atom stereocenters. The summed E-state index contributed by atoms with van der Waals surface area (Å²) in [6.45, 7) is 14.6. The second-order valence-electron chi connectivity index (χ2n) is 10.5. The lowest BCUT2D eigenvalue weighted by Gasteiger charge is -2.28. The Morgan fingerprint density at radius 1 is 1.00 bits per heavy atom. The number of carbonyl (C=O) groups is 2. The van der Waals surface area contributed by atoms with E-state index in [4.69, 9.17) is 18.9 Å². The SMILES string of the molecule is CCOc1cc(C2/C(=C(/O)c3ccc4c(c3)OCCO4)C(=O)C(=O)N2CCN(CC)CC)ccc1OCCC(C)C. The number of rotatable bonds is 13. The molecule has 0 aliphatic carbocycles. The van der Waals surface area contributed by atoms with Gasteiger partial charge in [0.1, 0.15) is 19.0 Å². The van der Waals surface area contributed by atoms with Gasteiger partial charge < -0.3 is 33.9 Å². The van der Waals surface area contributed by atoms with E-state index >= 15 is 0 Å². The first-order chi connectivity index (χ1) is 19.8. The van der Waals surface area contributed by atoms with Gasteiger partial charge in [0.2, 0.25) is 0 Å². The number of ether oxygens (including phenoxy) is 4. The van der Waals surface area contributed by atoms with Crippen LogP contribution in [0, 0.1) is 5.92 Å². The zero-order valence-electron chi connectivity index (χ0n) is 24.8. The van der Waals surface area contributed by atoms with E-state index in [0.717, 1.165) is 19.5 Å². The van der Waals surface area contributed by atoms with E-state index in [9.17, 15) is 14.7 Å². The van der Waals surface area contributed by atoms with Crippen LogP contribution in [-0.2, 0) is 9.59 Å². The molecule has 2 heterocycles. The largest absolute Gasteiger partial charge is 0.507 e. The van der Waals surface area contributed by atoms with Crippen LogP contribution in [0.1, 0.15) is 58.2 Å². The lowest BCUT2D eigenvalue weighted by molar-refractivity contribution is -0.140. The van der Waals surface area contributed by atoms with Crippen molar-refractivity contribution in [3.63, 3.8) is 0 Å². The third kappa shape index (κ3) is 6.78. The van der Waals surface area contributed by atoms with Crippen molar-refractivity contribution in [3.05, 3.63) is 53.1 Å². The number of amides is 1. The highest BCUT2D eigenvalue weighted by Gasteiger charge is 2.46. The van der Waals surface area contributed by atoms with Crippen molar-refractivity contribution in [1.82, 2.24) is 9.80 Å². The van der Waals surface area contributed by atoms with Crippen molar-refractivity contribution >= 4 is 17.4 Å². The molecule has 1 atom stereocenters. The third-order valence-electron chi connectivity index (χ3n) is 7.44. The third-order valence-corrected chi connectivity index (χ3v) is 7.44. The summed E-state index contributed by atoms with van der Waals surface area (Å²) in [6.07, 6.45) is 0.897. The van der Waals surface area contributed by atoms with E-state index in [0.29, 0.717) is 79.6 Å². The lowest BCUT2D eigenvalue weighted by atomic mass is 9.94. The van der Waals surface area contributed by atoms with Gasteiger partial charge in [-0.25, -0.2) is 0 Å². The zero-order chi connectivity index (χ0) is 29.5. The van der Waals surface area contributed by atoms with Gasteiger partial charge >= 0.3 is 0 Å². The number of likely N-dealkylation sites (tertiary alicyclic amines) is 1. The fourth-order valence-electron chi connectivity index (χ4n) is 5.08. The number of fused-ring (bicyclic) bond motifs is 1. The molecule has 0 bridgehead atoms. The molecule has 1 saturated heterocycles. The number of aliphatic hydroxyl groups excluding tert-OH is 1. The summed E-state index contributed by atoms with van der Waals surface area (Å²) < 4.78 is 23.3. The Kier molecular flexibility index (Phi) is 10.2. The normalized spacial score (nSPS) is 17.9. The Morgan fingerprint density at radius 3 is 2.41 bits per heavy atom. The molecular weight excluding hydrogens is 524 g/mol. The molecule has 0 radical (unpaired) electrons. The standard InChI is InChI=1S/C32H42N2O7/c1-6-33(7-2)14-15-34-29(22-9-11-24(26(19-22)38-8-3)39-16-13-21(4)5)28(31(36)32(34)37)30(35)23-10-12-25-27(20-23)41-18-17-40-25/h9-12,19-21,29,35H,6-8,13-18H2,1-5H3/b30-28-. The second kappa shape index (κ2) is 13.8. The molecule has 9 heteroatoms. The van der Waals surface area contributed by atoms with Gasteiger partial charge in [-0.3, -0.25) is 9.59 Å². The molecule has 2 aliphatic rings. The molecule has 41 heavy (non-hydrogen) atoms. The molecule has 1 amide bonds. The lowest BCUT2D eigenvalue weighted by Crippen LogP contribution is -2.38. The minimum Gasteiger partial charge on any atom is -0.507 e. The van der Waals surface area contributed by atoms with Gasteiger partial charge in [0.05, 0.1) is 24.8 Å². The average molecular weight is 567 g/mol. The Balaban J connectivity index is 1.78. The molecule has 1 N–H and O–H groups in total. The number of Topliss-reactive ketones (excluding diaryl/α,β-unsaturated/α-hetero) is 1. The van der Waals surface area contributed by atoms with Crippen LogP contribution < -0.4 is 18.9 Å². The Bertz CT molecular complexity index is 1270. The van der Waals surface area contributed by atoms with Crippen LogP contribution >= 0.6 is 0 Å². The summed E-state index contributed by atoms with van der Waals surface area (Å²) in [4.78, 5) is 30.7. The molecule has 2 aromatic rings. The molecule has 1 fully saturated rings. The van der Waals surface area contributed by atoms with Crippen LogP contribution in [0.3, 0.4) is 0 Å². The number of nitrogens with zero attached hydrogens (tertiary/aromatic N) is 2. The van der Waals surface area contributed by atoms with Crippen LogP contribution in [0.4, 0.5) is 0 Å². The molecule has 9 nitrogen and oxygen atoms in total. The van der Waals surface area contributed by atoms with Crippen LogP contribution in [-0.4, -0.2) is 79.2 Å². The van der Waals surface area contributed by atoms with Crippen LogP contribution in [0.25, 0.3) is 5.76 Å². The minimum atomic E-state index is -0.803. The summed E-state index contributed by atoms with van der Waals surface area (Å²) in [6, 6.07) is 9.67. The van der Waals surface area contributed by atoms with Gasteiger partial charge in [-0.15, -0.1) is 0 Å². The summed E-state index contributed by atoms with van der Waals surface area (Å²) in [7, 11) is 0. The summed E-state index contributed by atoms with van der Waals surface area (Å²) in [5.41, 5.74) is 1.06. The van der Waals surface area contributed by atoms with Crippen molar-refractivity contribution in [2.75, 3.05) is 52.6 Å². The van der Waals surface area contributed by atoms with Crippen LogP contribution in [0.15, 0.2) is 42.0 Å². The van der Waals surface area contributed by atoms with Crippen LogP contribution in [0.5, 0.6) is 23.0 Å². The number of hydrogen-bond acceptors (Lipinski definition) is 8. The summed E-state index contributed by atoms with van der Waals surface area (Å²) in [5.74, 6) is 1.05. The van der Waals surface area contributed by atoms with E-state index in [1.54, 1.807) is 23.1 Å². The molecule has 2 aliphatic heterocycles. The monoisotopic (exact) mass is 566 g/mol. The van der Waals surface area contributed by atoms with E-state index < -0.39 is 17.7 Å². The van der Waals surface area contributed by atoms with E-state index in [-0.39, 0.29) is 11.3 Å². The quantitative estimate of drug-likeness (QED) is 0.205. The highest BCUT2D eigenvalue weighted by molar-refractivity contribution is 6.46. The first-order valence-corrected chi connectivity index (χ1v) is 14.6. The zero-order valence-corrected chi connectivity index (χ0v) is 24.8. The van der Waals surface area contributed by atoms with Crippen molar-refractivity contribution in [1.29, 1.82) is 0 Å². The number of hydrogen-bond donors (Lipinski definition) is 1. The van der Waals surface area contributed by atoms with Crippen molar-refractivity contribution in [2.45, 2.75) is 47.1 Å². The maximum absolute atomic E-state index is 13.5. The molecule has 222 valence electrons.